The Balaban J connectivity index is 2.30. The molecule has 1 aliphatic rings. The molecule has 1 saturated heterocycles. The van der Waals surface area contributed by atoms with Gasteiger partial charge in [0, 0.05) is 18.1 Å². The van der Waals surface area contributed by atoms with Crippen LogP contribution in [0.3, 0.4) is 0 Å². The van der Waals surface area contributed by atoms with E-state index in [4.69, 9.17) is 4.74 Å². The molecule has 1 heterocycles. The molecule has 1 unspecified atom stereocenters. The number of piperidine rings is 1. The van der Waals surface area contributed by atoms with E-state index < -0.39 is 6.04 Å². The number of likely N-dealkylation sites (tertiary alicyclic amines) is 1. The van der Waals surface area contributed by atoms with Crippen molar-refractivity contribution in [3.05, 3.63) is 28.2 Å². The summed E-state index contributed by atoms with van der Waals surface area (Å²) >= 11 is 3.40. The van der Waals surface area contributed by atoms with Crippen LogP contribution in [0.25, 0.3) is 0 Å². The molecule has 0 radical (unpaired) electrons. The van der Waals surface area contributed by atoms with Crippen molar-refractivity contribution in [3.63, 3.8) is 0 Å². The normalized spacial score (nSPS) is 18.2. The third-order valence-corrected chi connectivity index (χ3v) is 4.41. The van der Waals surface area contributed by atoms with Gasteiger partial charge in [0.2, 0.25) is 5.91 Å². The number of benzene rings is 1. The van der Waals surface area contributed by atoms with Crippen LogP contribution in [0.2, 0.25) is 0 Å². The first kappa shape index (κ1) is 15.8. The largest absolute Gasteiger partial charge is 0.497 e. The van der Waals surface area contributed by atoms with Gasteiger partial charge in [-0.3, -0.25) is 9.59 Å². The average Bonchev–Trinajstić information content (AvgIpc) is 2.54. The highest BCUT2D eigenvalue weighted by molar-refractivity contribution is 9.10. The number of carbonyl (C=O) groups is 2. The van der Waals surface area contributed by atoms with Crippen LogP contribution in [0, 0.1) is 0 Å². The van der Waals surface area contributed by atoms with Gasteiger partial charge in [-0.05, 0) is 53.4 Å². The van der Waals surface area contributed by atoms with E-state index in [1.165, 1.54) is 0 Å². The average molecular weight is 355 g/mol. The molecular formula is C15H19BrN2O3. The van der Waals surface area contributed by atoms with Crippen LogP contribution in [-0.4, -0.2) is 43.5 Å². The zero-order valence-corrected chi connectivity index (χ0v) is 13.8. The maximum Gasteiger partial charge on any atom is 0.255 e. The number of methoxy groups -OCH3 is 1. The molecule has 1 aromatic carbocycles. The first-order valence-corrected chi connectivity index (χ1v) is 7.74. The van der Waals surface area contributed by atoms with Crippen molar-refractivity contribution in [2.75, 3.05) is 20.7 Å². The molecule has 0 spiro atoms. The number of halogens is 1. The number of hydrogen-bond donors (Lipinski definition) is 1. The summed E-state index contributed by atoms with van der Waals surface area (Å²) in [5.41, 5.74) is 0.519. The highest BCUT2D eigenvalue weighted by atomic mass is 79.9. The monoisotopic (exact) mass is 354 g/mol. The molecule has 1 aromatic rings. The Bertz CT molecular complexity index is 548. The molecular weight excluding hydrogens is 336 g/mol. The third kappa shape index (κ3) is 3.37. The maximum absolute atomic E-state index is 12.8. The Kier molecular flexibility index (Phi) is 5.22. The van der Waals surface area contributed by atoms with Crippen molar-refractivity contribution < 1.29 is 14.3 Å². The molecule has 0 saturated carbocycles. The predicted octanol–water partition coefficient (Wildman–Crippen LogP) is 2.20. The van der Waals surface area contributed by atoms with Gasteiger partial charge in [0.1, 0.15) is 11.8 Å². The van der Waals surface area contributed by atoms with Crippen LogP contribution in [0.4, 0.5) is 0 Å². The summed E-state index contributed by atoms with van der Waals surface area (Å²) in [5, 5.41) is 2.64. The van der Waals surface area contributed by atoms with Crippen molar-refractivity contribution in [2.45, 2.75) is 25.3 Å². The number of rotatable bonds is 3. The molecule has 0 aromatic heterocycles. The van der Waals surface area contributed by atoms with Gasteiger partial charge in [0.25, 0.3) is 5.91 Å². The van der Waals surface area contributed by atoms with E-state index in [9.17, 15) is 9.59 Å². The smallest absolute Gasteiger partial charge is 0.255 e. The van der Waals surface area contributed by atoms with Gasteiger partial charge in [-0.25, -0.2) is 0 Å². The fraction of sp³-hybridized carbons (Fsp3) is 0.467. The van der Waals surface area contributed by atoms with Gasteiger partial charge in [0.05, 0.1) is 12.7 Å². The lowest BCUT2D eigenvalue weighted by Gasteiger charge is -2.34. The van der Waals surface area contributed by atoms with Crippen LogP contribution in [0.1, 0.15) is 29.6 Å². The van der Waals surface area contributed by atoms with E-state index in [0.29, 0.717) is 28.8 Å². The van der Waals surface area contributed by atoms with E-state index in [0.717, 1.165) is 12.8 Å². The van der Waals surface area contributed by atoms with E-state index in [2.05, 4.69) is 21.2 Å². The minimum absolute atomic E-state index is 0.109. The summed E-state index contributed by atoms with van der Waals surface area (Å²) in [6, 6.07) is 4.87. The van der Waals surface area contributed by atoms with Crippen LogP contribution in [-0.2, 0) is 4.79 Å². The van der Waals surface area contributed by atoms with Gasteiger partial charge in [0.15, 0.2) is 0 Å². The minimum Gasteiger partial charge on any atom is -0.497 e. The SMILES string of the molecule is CNC(=O)C1CCCCN1C(=O)c1cc(OC)ccc1Br. The van der Waals surface area contributed by atoms with Crippen molar-refractivity contribution >= 4 is 27.7 Å². The Morgan fingerprint density at radius 1 is 1.38 bits per heavy atom. The number of likely N-dealkylation sites (N-methyl/N-ethyl adjacent to an activating group) is 1. The molecule has 5 nitrogen and oxygen atoms in total. The molecule has 0 aliphatic carbocycles. The lowest BCUT2D eigenvalue weighted by molar-refractivity contribution is -0.126. The van der Waals surface area contributed by atoms with Crippen molar-refractivity contribution in [2.24, 2.45) is 0 Å². The van der Waals surface area contributed by atoms with Crippen molar-refractivity contribution in [1.29, 1.82) is 0 Å². The Morgan fingerprint density at radius 3 is 2.81 bits per heavy atom. The number of ether oxygens (including phenoxy) is 1. The minimum atomic E-state index is -0.394. The topological polar surface area (TPSA) is 58.6 Å². The van der Waals surface area contributed by atoms with E-state index in [-0.39, 0.29) is 11.8 Å². The standard InChI is InChI=1S/C15H19BrN2O3/c1-17-14(19)13-5-3-4-8-18(13)15(20)11-9-10(21-2)6-7-12(11)16/h6-7,9,13H,3-5,8H2,1-2H3,(H,17,19). The third-order valence-electron chi connectivity index (χ3n) is 3.72. The summed E-state index contributed by atoms with van der Waals surface area (Å²) in [6.45, 7) is 0.598. The van der Waals surface area contributed by atoms with E-state index in [1.54, 1.807) is 37.3 Å². The predicted molar refractivity (Wildman–Crippen MR) is 83.4 cm³/mol. The quantitative estimate of drug-likeness (QED) is 0.904. The number of carbonyl (C=O) groups excluding carboxylic acids is 2. The number of amides is 2. The zero-order valence-electron chi connectivity index (χ0n) is 12.2. The first-order valence-electron chi connectivity index (χ1n) is 6.94. The van der Waals surface area contributed by atoms with Crippen LogP contribution >= 0.6 is 15.9 Å². The molecule has 1 fully saturated rings. The van der Waals surface area contributed by atoms with Crippen LogP contribution in [0.5, 0.6) is 5.75 Å². The molecule has 21 heavy (non-hydrogen) atoms. The lowest BCUT2D eigenvalue weighted by Crippen LogP contribution is -2.51. The highest BCUT2D eigenvalue weighted by Crippen LogP contribution is 2.27. The molecule has 1 N–H and O–H groups in total. The van der Waals surface area contributed by atoms with Gasteiger partial charge in [-0.15, -0.1) is 0 Å². The number of hydrogen-bond acceptors (Lipinski definition) is 3. The molecule has 2 rings (SSSR count). The zero-order chi connectivity index (χ0) is 15.4. The summed E-state index contributed by atoms with van der Waals surface area (Å²) in [6.07, 6.45) is 2.58. The van der Waals surface area contributed by atoms with Crippen LogP contribution in [0.15, 0.2) is 22.7 Å². The van der Waals surface area contributed by atoms with Gasteiger partial charge in [-0.1, -0.05) is 0 Å². The Morgan fingerprint density at radius 2 is 2.14 bits per heavy atom. The Labute approximate surface area is 132 Å². The summed E-state index contributed by atoms with van der Waals surface area (Å²) < 4.78 is 5.88. The van der Waals surface area contributed by atoms with Crippen LogP contribution < -0.4 is 10.1 Å². The fourth-order valence-corrected chi connectivity index (χ4v) is 2.98. The van der Waals surface area contributed by atoms with Gasteiger partial charge >= 0.3 is 0 Å². The molecule has 1 aliphatic heterocycles. The van der Waals surface area contributed by atoms with E-state index in [1.807, 2.05) is 0 Å². The second kappa shape index (κ2) is 6.93. The summed E-state index contributed by atoms with van der Waals surface area (Å²) in [7, 11) is 3.16. The summed E-state index contributed by atoms with van der Waals surface area (Å²) in [4.78, 5) is 26.4. The maximum atomic E-state index is 12.8. The molecule has 2 amide bonds. The van der Waals surface area contributed by atoms with Gasteiger partial charge in [-0.2, -0.15) is 0 Å². The molecule has 1 atom stereocenters. The lowest BCUT2D eigenvalue weighted by atomic mass is 10.00. The molecule has 114 valence electrons. The molecule has 0 bridgehead atoms. The molecule has 6 heteroatoms. The van der Waals surface area contributed by atoms with E-state index >= 15 is 0 Å². The second-order valence-corrected chi connectivity index (χ2v) is 5.82. The highest BCUT2D eigenvalue weighted by Gasteiger charge is 2.32. The second-order valence-electron chi connectivity index (χ2n) is 4.97. The first-order chi connectivity index (χ1) is 10.1. The number of nitrogens with zero attached hydrogens (tertiary/aromatic N) is 1. The number of nitrogens with one attached hydrogen (secondary N) is 1. The van der Waals surface area contributed by atoms with Gasteiger partial charge < -0.3 is 15.0 Å². The Hall–Kier alpha value is -1.56. The summed E-state index contributed by atoms with van der Waals surface area (Å²) in [5.74, 6) is 0.367. The van der Waals surface area contributed by atoms with Crippen molar-refractivity contribution in [1.82, 2.24) is 10.2 Å². The van der Waals surface area contributed by atoms with Crippen molar-refractivity contribution in [3.8, 4) is 5.75 Å². The fourth-order valence-electron chi connectivity index (χ4n) is 2.56.